The highest BCUT2D eigenvalue weighted by atomic mass is 16.6. The summed E-state index contributed by atoms with van der Waals surface area (Å²) in [7, 11) is 0. The fourth-order valence-electron chi connectivity index (χ4n) is 2.55. The SMILES string of the molecule is Cc1ccc(C(=O)N[C@H]2CC[C@@H](C(=O)O)C2)cc1[N+](=O)[O-]. The predicted octanol–water partition coefficient (Wildman–Crippen LogP) is 1.89. The Balaban J connectivity index is 2.06. The van der Waals surface area contributed by atoms with Crippen LogP contribution in [-0.4, -0.2) is 27.9 Å². The molecule has 1 aromatic carbocycles. The summed E-state index contributed by atoms with van der Waals surface area (Å²) in [5.74, 6) is -1.69. The van der Waals surface area contributed by atoms with Crippen LogP contribution in [0.15, 0.2) is 18.2 Å². The fourth-order valence-corrected chi connectivity index (χ4v) is 2.55. The molecule has 1 aromatic rings. The van der Waals surface area contributed by atoms with Gasteiger partial charge in [-0.15, -0.1) is 0 Å². The van der Waals surface area contributed by atoms with E-state index in [-0.39, 0.29) is 17.3 Å². The van der Waals surface area contributed by atoms with Gasteiger partial charge >= 0.3 is 5.97 Å². The highest BCUT2D eigenvalue weighted by Crippen LogP contribution is 2.26. The number of rotatable bonds is 4. The average Bonchev–Trinajstić information content (AvgIpc) is 2.87. The van der Waals surface area contributed by atoms with E-state index in [2.05, 4.69) is 5.32 Å². The summed E-state index contributed by atoms with van der Waals surface area (Å²) in [6, 6.07) is 4.11. The Hall–Kier alpha value is -2.44. The first-order chi connectivity index (χ1) is 9.88. The molecule has 2 rings (SSSR count). The zero-order valence-corrected chi connectivity index (χ0v) is 11.5. The van der Waals surface area contributed by atoms with Gasteiger partial charge in [-0.1, -0.05) is 6.07 Å². The zero-order valence-electron chi connectivity index (χ0n) is 11.5. The molecule has 2 N–H and O–H groups in total. The topological polar surface area (TPSA) is 110 Å². The Bertz CT molecular complexity index is 599. The molecule has 1 fully saturated rings. The molecule has 0 bridgehead atoms. The summed E-state index contributed by atoms with van der Waals surface area (Å²) >= 11 is 0. The summed E-state index contributed by atoms with van der Waals surface area (Å²) in [6.45, 7) is 1.61. The van der Waals surface area contributed by atoms with Gasteiger partial charge in [0.05, 0.1) is 10.8 Å². The van der Waals surface area contributed by atoms with Crippen LogP contribution in [0.3, 0.4) is 0 Å². The molecule has 1 amide bonds. The number of carboxylic acids is 1. The van der Waals surface area contributed by atoms with E-state index in [9.17, 15) is 19.7 Å². The number of aliphatic carboxylic acids is 1. The van der Waals surface area contributed by atoms with Crippen molar-refractivity contribution in [1.82, 2.24) is 5.32 Å². The molecule has 0 unspecified atom stereocenters. The molecule has 7 nitrogen and oxygen atoms in total. The number of nitrogens with zero attached hydrogens (tertiary/aromatic N) is 1. The van der Waals surface area contributed by atoms with Gasteiger partial charge in [0.1, 0.15) is 0 Å². The van der Waals surface area contributed by atoms with Crippen LogP contribution in [-0.2, 0) is 4.79 Å². The second-order valence-corrected chi connectivity index (χ2v) is 5.28. The first-order valence-electron chi connectivity index (χ1n) is 6.67. The number of amides is 1. The average molecular weight is 292 g/mol. The fraction of sp³-hybridized carbons (Fsp3) is 0.429. The van der Waals surface area contributed by atoms with Crippen LogP contribution >= 0.6 is 0 Å². The molecule has 1 aliphatic carbocycles. The lowest BCUT2D eigenvalue weighted by atomic mass is 10.1. The Morgan fingerprint density at radius 3 is 2.67 bits per heavy atom. The van der Waals surface area contributed by atoms with Crippen molar-refractivity contribution in [3.8, 4) is 0 Å². The van der Waals surface area contributed by atoms with Gasteiger partial charge in [0.15, 0.2) is 0 Å². The molecule has 1 saturated carbocycles. The number of hydrogen-bond acceptors (Lipinski definition) is 4. The van der Waals surface area contributed by atoms with Crippen LogP contribution in [0, 0.1) is 23.0 Å². The minimum Gasteiger partial charge on any atom is -0.481 e. The minimum absolute atomic E-state index is 0.0996. The monoisotopic (exact) mass is 292 g/mol. The van der Waals surface area contributed by atoms with E-state index in [0.717, 1.165) is 0 Å². The molecule has 1 aliphatic rings. The standard InChI is InChI=1S/C14H16N2O5/c1-8-2-3-9(7-12(8)16(20)21)13(17)15-11-5-4-10(6-11)14(18)19/h2-3,7,10-11H,4-6H2,1H3,(H,15,17)(H,18,19)/t10-,11+/m1/s1. The van der Waals surface area contributed by atoms with E-state index in [4.69, 9.17) is 5.11 Å². The lowest BCUT2D eigenvalue weighted by molar-refractivity contribution is -0.385. The number of nitro benzene ring substituents is 1. The number of aryl methyl sites for hydroxylation is 1. The third kappa shape index (κ3) is 3.36. The van der Waals surface area contributed by atoms with E-state index >= 15 is 0 Å². The van der Waals surface area contributed by atoms with Gasteiger partial charge in [0.2, 0.25) is 0 Å². The minimum atomic E-state index is -0.849. The molecular formula is C14H16N2O5. The molecule has 0 spiro atoms. The molecule has 0 aliphatic heterocycles. The summed E-state index contributed by atoms with van der Waals surface area (Å²) in [6.07, 6.45) is 1.54. The summed E-state index contributed by atoms with van der Waals surface area (Å²) < 4.78 is 0. The lowest BCUT2D eigenvalue weighted by Crippen LogP contribution is -2.33. The van der Waals surface area contributed by atoms with E-state index in [1.807, 2.05) is 0 Å². The van der Waals surface area contributed by atoms with Gasteiger partial charge in [-0.2, -0.15) is 0 Å². The van der Waals surface area contributed by atoms with Crippen LogP contribution in [0.2, 0.25) is 0 Å². The van der Waals surface area contributed by atoms with Crippen LogP contribution < -0.4 is 5.32 Å². The molecule has 0 heterocycles. The Morgan fingerprint density at radius 1 is 1.38 bits per heavy atom. The number of hydrogen-bond donors (Lipinski definition) is 2. The second kappa shape index (κ2) is 5.90. The van der Waals surface area contributed by atoms with Gasteiger partial charge < -0.3 is 10.4 Å². The molecule has 2 atom stereocenters. The quantitative estimate of drug-likeness (QED) is 0.650. The first kappa shape index (κ1) is 15.0. The van der Waals surface area contributed by atoms with Gasteiger partial charge in [0.25, 0.3) is 11.6 Å². The molecule has 21 heavy (non-hydrogen) atoms. The Morgan fingerprint density at radius 2 is 2.10 bits per heavy atom. The van der Waals surface area contributed by atoms with E-state index in [0.29, 0.717) is 24.8 Å². The van der Waals surface area contributed by atoms with E-state index < -0.39 is 22.7 Å². The van der Waals surface area contributed by atoms with Crippen LogP contribution in [0.5, 0.6) is 0 Å². The summed E-state index contributed by atoms with van der Waals surface area (Å²) in [5.41, 5.74) is 0.604. The second-order valence-electron chi connectivity index (χ2n) is 5.28. The third-order valence-electron chi connectivity index (χ3n) is 3.79. The van der Waals surface area contributed by atoms with Gasteiger partial charge in [-0.3, -0.25) is 19.7 Å². The van der Waals surface area contributed by atoms with Gasteiger partial charge in [-0.25, -0.2) is 0 Å². The number of nitro groups is 1. The summed E-state index contributed by atoms with van der Waals surface area (Å²) in [4.78, 5) is 33.3. The Labute approximate surface area is 121 Å². The number of carboxylic acid groups (broad SMARTS) is 1. The molecule has 0 aromatic heterocycles. The van der Waals surface area contributed by atoms with Crippen LogP contribution in [0.25, 0.3) is 0 Å². The normalized spacial score (nSPS) is 21.0. The maximum absolute atomic E-state index is 12.1. The van der Waals surface area contributed by atoms with Crippen LogP contribution in [0.4, 0.5) is 5.69 Å². The Kier molecular flexibility index (Phi) is 4.21. The van der Waals surface area contributed by atoms with Gasteiger partial charge in [0, 0.05) is 23.2 Å². The molecule has 0 radical (unpaired) electrons. The first-order valence-corrected chi connectivity index (χ1v) is 6.67. The summed E-state index contributed by atoms with van der Waals surface area (Å²) in [5, 5.41) is 22.5. The molecule has 112 valence electrons. The van der Waals surface area contributed by atoms with Crippen molar-refractivity contribution in [2.75, 3.05) is 0 Å². The number of carbonyl (C=O) groups is 2. The smallest absolute Gasteiger partial charge is 0.306 e. The third-order valence-corrected chi connectivity index (χ3v) is 3.79. The maximum atomic E-state index is 12.1. The molecule has 0 saturated heterocycles. The van der Waals surface area contributed by atoms with Crippen molar-refractivity contribution in [3.63, 3.8) is 0 Å². The van der Waals surface area contributed by atoms with Crippen molar-refractivity contribution in [1.29, 1.82) is 0 Å². The van der Waals surface area contributed by atoms with Gasteiger partial charge in [-0.05, 0) is 32.3 Å². The van der Waals surface area contributed by atoms with Crippen LogP contribution in [0.1, 0.15) is 35.2 Å². The predicted molar refractivity (Wildman–Crippen MR) is 74.1 cm³/mol. The van der Waals surface area contributed by atoms with Crippen molar-refractivity contribution in [3.05, 3.63) is 39.4 Å². The maximum Gasteiger partial charge on any atom is 0.306 e. The molecule has 7 heteroatoms. The number of benzene rings is 1. The van der Waals surface area contributed by atoms with Crippen molar-refractivity contribution < 1.29 is 19.6 Å². The van der Waals surface area contributed by atoms with Crippen molar-refractivity contribution in [2.24, 2.45) is 5.92 Å². The van der Waals surface area contributed by atoms with Crippen molar-refractivity contribution in [2.45, 2.75) is 32.2 Å². The van der Waals surface area contributed by atoms with E-state index in [1.165, 1.54) is 18.2 Å². The highest BCUT2D eigenvalue weighted by Gasteiger charge is 2.30. The zero-order chi connectivity index (χ0) is 15.6. The number of nitrogens with one attached hydrogen (secondary N) is 1. The largest absolute Gasteiger partial charge is 0.481 e. The lowest BCUT2D eigenvalue weighted by Gasteiger charge is -2.12. The van der Waals surface area contributed by atoms with E-state index in [1.54, 1.807) is 6.92 Å². The molecular weight excluding hydrogens is 276 g/mol. The highest BCUT2D eigenvalue weighted by molar-refractivity contribution is 5.95. The van der Waals surface area contributed by atoms with Crippen molar-refractivity contribution >= 4 is 17.6 Å². The number of carbonyl (C=O) groups excluding carboxylic acids is 1.